The van der Waals surface area contributed by atoms with Crippen molar-refractivity contribution >= 4 is 28.3 Å². The van der Waals surface area contributed by atoms with Crippen LogP contribution in [0.15, 0.2) is 42.5 Å². The van der Waals surface area contributed by atoms with Gasteiger partial charge in [0, 0.05) is 13.1 Å². The van der Waals surface area contributed by atoms with Crippen molar-refractivity contribution in [3.8, 4) is 0 Å². The van der Waals surface area contributed by atoms with Crippen LogP contribution in [0.1, 0.15) is 19.7 Å². The average Bonchev–Trinajstić information content (AvgIpc) is 2.94. The normalized spacial score (nSPS) is 17.1. The number of benzene rings is 2. The number of carbonyl (C=O) groups excluding carboxylic acids is 1. The number of nitrogens with one attached hydrogen (secondary N) is 1. The highest BCUT2D eigenvalue weighted by atomic mass is 19.1. The van der Waals surface area contributed by atoms with Crippen LogP contribution < -0.4 is 10.2 Å². The molecule has 4 rings (SSSR count). The zero-order valence-electron chi connectivity index (χ0n) is 14.9. The van der Waals surface area contributed by atoms with Gasteiger partial charge in [-0.1, -0.05) is 25.1 Å². The molecule has 0 spiro atoms. The third-order valence-corrected chi connectivity index (χ3v) is 4.90. The van der Waals surface area contributed by atoms with Gasteiger partial charge in [0.15, 0.2) is 5.82 Å². The first-order valence-corrected chi connectivity index (χ1v) is 8.87. The molecule has 0 bridgehead atoms. The van der Waals surface area contributed by atoms with E-state index in [-0.39, 0.29) is 17.6 Å². The molecule has 3 aromatic rings. The summed E-state index contributed by atoms with van der Waals surface area (Å²) in [6.45, 7) is 5.74. The Balaban J connectivity index is 1.78. The second kappa shape index (κ2) is 6.44. The molecule has 1 N–H and O–H groups in total. The molecule has 26 heavy (non-hydrogen) atoms. The molecule has 134 valence electrons. The van der Waals surface area contributed by atoms with Gasteiger partial charge in [0.25, 0.3) is 0 Å². The van der Waals surface area contributed by atoms with E-state index >= 15 is 0 Å². The molecule has 0 fully saturated rings. The topological polar surface area (TPSA) is 50.2 Å². The number of para-hydroxylation sites is 3. The van der Waals surface area contributed by atoms with E-state index in [1.165, 1.54) is 6.07 Å². The molecular weight excluding hydrogens is 331 g/mol. The largest absolute Gasteiger partial charge is 0.362 e. The van der Waals surface area contributed by atoms with Gasteiger partial charge in [0.05, 0.1) is 29.4 Å². The zero-order valence-corrected chi connectivity index (χ0v) is 14.9. The molecule has 1 aromatic heterocycles. The van der Waals surface area contributed by atoms with Crippen LogP contribution in [0.3, 0.4) is 0 Å². The van der Waals surface area contributed by atoms with Crippen molar-refractivity contribution in [1.29, 1.82) is 0 Å². The van der Waals surface area contributed by atoms with Crippen molar-refractivity contribution in [2.75, 3.05) is 16.8 Å². The van der Waals surface area contributed by atoms with Crippen molar-refractivity contribution in [3.05, 3.63) is 54.1 Å². The lowest BCUT2D eigenvalue weighted by Crippen LogP contribution is -2.31. The Morgan fingerprint density at radius 3 is 2.85 bits per heavy atom. The summed E-state index contributed by atoms with van der Waals surface area (Å²) < 4.78 is 16.2. The summed E-state index contributed by atoms with van der Waals surface area (Å²) >= 11 is 0. The first kappa shape index (κ1) is 16.6. The van der Waals surface area contributed by atoms with E-state index in [4.69, 9.17) is 0 Å². The van der Waals surface area contributed by atoms with Gasteiger partial charge in [-0.15, -0.1) is 0 Å². The second-order valence-electron chi connectivity index (χ2n) is 6.67. The number of halogens is 1. The van der Waals surface area contributed by atoms with E-state index in [2.05, 4.69) is 15.2 Å². The summed E-state index contributed by atoms with van der Waals surface area (Å²) in [5.41, 5.74) is 2.95. The zero-order chi connectivity index (χ0) is 18.3. The number of nitrogens with zero attached hydrogens (tertiary/aromatic N) is 3. The fourth-order valence-corrected chi connectivity index (χ4v) is 3.58. The standard InChI is InChI=1S/C20H21FN4O/c1-3-25-17-10-6-7-14(21)19(17)23-18(25)12-24-11-13(2)20(26)22-15-8-4-5-9-16(15)24/h4-10,13H,3,11-12H2,1-2H3,(H,22,26). The Morgan fingerprint density at radius 1 is 1.23 bits per heavy atom. The molecule has 0 saturated heterocycles. The molecule has 1 amide bonds. The summed E-state index contributed by atoms with van der Waals surface area (Å²) in [6, 6.07) is 12.8. The van der Waals surface area contributed by atoms with Crippen LogP contribution in [0.5, 0.6) is 0 Å². The number of aryl methyl sites for hydroxylation is 1. The number of rotatable bonds is 3. The van der Waals surface area contributed by atoms with Crippen LogP contribution in [0.2, 0.25) is 0 Å². The number of aromatic nitrogens is 2. The van der Waals surface area contributed by atoms with Crippen molar-refractivity contribution < 1.29 is 9.18 Å². The first-order valence-electron chi connectivity index (χ1n) is 8.87. The Hall–Kier alpha value is -2.89. The third-order valence-electron chi connectivity index (χ3n) is 4.90. The number of anilines is 2. The fraction of sp³-hybridized carbons (Fsp3) is 0.300. The lowest BCUT2D eigenvalue weighted by atomic mass is 10.1. The number of hydrogen-bond acceptors (Lipinski definition) is 3. The number of hydrogen-bond donors (Lipinski definition) is 1. The van der Waals surface area contributed by atoms with E-state index in [1.54, 1.807) is 6.07 Å². The molecule has 1 aliphatic rings. The lowest BCUT2D eigenvalue weighted by Gasteiger charge is -2.25. The van der Waals surface area contributed by atoms with Crippen LogP contribution in [-0.2, 0) is 17.9 Å². The van der Waals surface area contributed by atoms with Crippen LogP contribution in [0.4, 0.5) is 15.8 Å². The van der Waals surface area contributed by atoms with Gasteiger partial charge in [-0.3, -0.25) is 4.79 Å². The molecule has 6 heteroatoms. The summed E-state index contributed by atoms with van der Waals surface area (Å²) in [4.78, 5) is 19.0. The van der Waals surface area contributed by atoms with Gasteiger partial charge >= 0.3 is 0 Å². The average molecular weight is 352 g/mol. The van der Waals surface area contributed by atoms with E-state index in [9.17, 15) is 9.18 Å². The van der Waals surface area contributed by atoms with E-state index in [0.717, 1.165) is 22.7 Å². The Bertz CT molecular complexity index is 981. The number of imidazole rings is 1. The maximum atomic E-state index is 14.2. The van der Waals surface area contributed by atoms with Gasteiger partial charge in [0.2, 0.25) is 5.91 Å². The maximum absolute atomic E-state index is 14.2. The second-order valence-corrected chi connectivity index (χ2v) is 6.67. The van der Waals surface area contributed by atoms with Crippen molar-refractivity contribution in [3.63, 3.8) is 0 Å². The molecular formula is C20H21FN4O. The number of amides is 1. The first-order chi connectivity index (χ1) is 12.6. The minimum atomic E-state index is -0.308. The molecule has 1 atom stereocenters. The van der Waals surface area contributed by atoms with Gasteiger partial charge in [-0.25, -0.2) is 9.37 Å². The Morgan fingerprint density at radius 2 is 2.04 bits per heavy atom. The smallest absolute Gasteiger partial charge is 0.229 e. The predicted molar refractivity (Wildman–Crippen MR) is 101 cm³/mol. The lowest BCUT2D eigenvalue weighted by molar-refractivity contribution is -0.119. The highest BCUT2D eigenvalue weighted by Gasteiger charge is 2.26. The van der Waals surface area contributed by atoms with E-state index in [0.29, 0.717) is 25.2 Å². The molecule has 2 aromatic carbocycles. The molecule has 0 saturated carbocycles. The van der Waals surface area contributed by atoms with E-state index < -0.39 is 0 Å². The summed E-state index contributed by atoms with van der Waals surface area (Å²) in [6.07, 6.45) is 0. The van der Waals surface area contributed by atoms with Crippen molar-refractivity contribution in [1.82, 2.24) is 9.55 Å². The SMILES string of the molecule is CCn1c(CN2CC(C)C(=O)Nc3ccccc32)nc2c(F)cccc21. The van der Waals surface area contributed by atoms with Crippen molar-refractivity contribution in [2.45, 2.75) is 26.9 Å². The number of carbonyl (C=O) groups is 1. The molecule has 2 heterocycles. The van der Waals surface area contributed by atoms with E-state index in [1.807, 2.05) is 48.7 Å². The minimum Gasteiger partial charge on any atom is -0.362 e. The van der Waals surface area contributed by atoms with Crippen LogP contribution in [0.25, 0.3) is 11.0 Å². The number of fused-ring (bicyclic) bond motifs is 2. The third kappa shape index (κ3) is 2.71. The monoisotopic (exact) mass is 352 g/mol. The van der Waals surface area contributed by atoms with Crippen LogP contribution in [-0.4, -0.2) is 22.0 Å². The molecule has 1 unspecified atom stereocenters. The molecule has 5 nitrogen and oxygen atoms in total. The van der Waals surface area contributed by atoms with Gasteiger partial charge in [-0.05, 0) is 31.2 Å². The van der Waals surface area contributed by atoms with Crippen molar-refractivity contribution in [2.24, 2.45) is 5.92 Å². The highest BCUT2D eigenvalue weighted by molar-refractivity contribution is 5.97. The van der Waals surface area contributed by atoms with Gasteiger partial charge in [-0.2, -0.15) is 0 Å². The molecule has 0 radical (unpaired) electrons. The van der Waals surface area contributed by atoms with Gasteiger partial charge < -0.3 is 14.8 Å². The predicted octanol–water partition coefficient (Wildman–Crippen LogP) is 3.79. The fourth-order valence-electron chi connectivity index (χ4n) is 3.58. The quantitative estimate of drug-likeness (QED) is 0.780. The summed E-state index contributed by atoms with van der Waals surface area (Å²) in [5, 5.41) is 2.98. The maximum Gasteiger partial charge on any atom is 0.229 e. The molecule has 1 aliphatic heterocycles. The summed E-state index contributed by atoms with van der Waals surface area (Å²) in [5.74, 6) is 0.343. The van der Waals surface area contributed by atoms with Crippen LogP contribution >= 0.6 is 0 Å². The molecule has 0 aliphatic carbocycles. The minimum absolute atomic E-state index is 0.00925. The summed E-state index contributed by atoms with van der Waals surface area (Å²) in [7, 11) is 0. The highest BCUT2D eigenvalue weighted by Crippen LogP contribution is 2.31. The Labute approximate surface area is 151 Å². The van der Waals surface area contributed by atoms with Gasteiger partial charge in [0.1, 0.15) is 11.3 Å². The van der Waals surface area contributed by atoms with Crippen LogP contribution in [0, 0.1) is 11.7 Å². The Kier molecular flexibility index (Phi) is 4.11.